The number of rotatable bonds is 5. The van der Waals surface area contributed by atoms with Crippen molar-refractivity contribution in [2.45, 2.75) is 19.8 Å². The van der Waals surface area contributed by atoms with Crippen LogP contribution in [0.3, 0.4) is 0 Å². The molecule has 130 valence electrons. The molecule has 0 unspecified atom stereocenters. The molecule has 0 spiro atoms. The number of benzene rings is 1. The van der Waals surface area contributed by atoms with Crippen LogP contribution in [0.2, 0.25) is 0 Å². The number of aryl methyl sites for hydroxylation is 1. The summed E-state index contributed by atoms with van der Waals surface area (Å²) in [6, 6.07) is 12.9. The van der Waals surface area contributed by atoms with Crippen LogP contribution in [-0.4, -0.2) is 30.6 Å². The quantitative estimate of drug-likeness (QED) is 0.595. The predicted octanol–water partition coefficient (Wildman–Crippen LogP) is 2.52. The highest BCUT2D eigenvalue weighted by Crippen LogP contribution is 2.19. The van der Waals surface area contributed by atoms with E-state index in [2.05, 4.69) is 25.7 Å². The fourth-order valence-corrected chi connectivity index (χ4v) is 2.58. The summed E-state index contributed by atoms with van der Waals surface area (Å²) in [6.07, 6.45) is 2.62. The van der Waals surface area contributed by atoms with Gasteiger partial charge in [-0.3, -0.25) is 9.20 Å². The standard InChI is InChI=1S/C18H16N6O2/c1-2-14-20-18(26-23-14)12-8-9-24-15(10-12)21-22-16(24)11-17(25)19-13-6-4-3-5-7-13/h3-10H,2,11H2,1H3,(H,19,25). The van der Waals surface area contributed by atoms with Crippen molar-refractivity contribution in [3.05, 3.63) is 60.3 Å². The first-order valence-electron chi connectivity index (χ1n) is 8.24. The Balaban J connectivity index is 1.54. The van der Waals surface area contributed by atoms with Gasteiger partial charge in [0.25, 0.3) is 5.89 Å². The molecular weight excluding hydrogens is 332 g/mol. The van der Waals surface area contributed by atoms with E-state index >= 15 is 0 Å². The van der Waals surface area contributed by atoms with Crippen LogP contribution in [0.4, 0.5) is 5.69 Å². The van der Waals surface area contributed by atoms with Gasteiger partial charge in [0, 0.05) is 23.9 Å². The summed E-state index contributed by atoms with van der Waals surface area (Å²) >= 11 is 0. The number of carbonyl (C=O) groups is 1. The van der Waals surface area contributed by atoms with E-state index in [0.29, 0.717) is 29.6 Å². The van der Waals surface area contributed by atoms with Crippen LogP contribution >= 0.6 is 0 Å². The first-order valence-corrected chi connectivity index (χ1v) is 8.24. The summed E-state index contributed by atoms with van der Waals surface area (Å²) in [5.41, 5.74) is 2.12. The Bertz CT molecular complexity index is 1050. The smallest absolute Gasteiger partial charge is 0.258 e. The summed E-state index contributed by atoms with van der Waals surface area (Å²) in [5, 5.41) is 15.0. The molecule has 0 saturated heterocycles. The van der Waals surface area contributed by atoms with Gasteiger partial charge in [0.05, 0.1) is 6.42 Å². The number of para-hydroxylation sites is 1. The topological polar surface area (TPSA) is 98.2 Å². The molecule has 4 rings (SSSR count). The van der Waals surface area contributed by atoms with E-state index in [-0.39, 0.29) is 12.3 Å². The highest BCUT2D eigenvalue weighted by molar-refractivity contribution is 5.91. The number of nitrogens with zero attached hydrogens (tertiary/aromatic N) is 5. The van der Waals surface area contributed by atoms with Gasteiger partial charge in [-0.05, 0) is 24.3 Å². The molecule has 3 aromatic heterocycles. The third kappa shape index (κ3) is 3.16. The van der Waals surface area contributed by atoms with Crippen molar-refractivity contribution in [2.75, 3.05) is 5.32 Å². The lowest BCUT2D eigenvalue weighted by Gasteiger charge is -2.04. The van der Waals surface area contributed by atoms with Crippen molar-refractivity contribution < 1.29 is 9.32 Å². The zero-order valence-corrected chi connectivity index (χ0v) is 14.1. The van der Waals surface area contributed by atoms with E-state index in [1.54, 1.807) is 16.7 Å². The Morgan fingerprint density at radius 2 is 2.04 bits per heavy atom. The lowest BCUT2D eigenvalue weighted by Crippen LogP contribution is -2.16. The molecule has 0 saturated carbocycles. The third-order valence-corrected chi connectivity index (χ3v) is 3.89. The average molecular weight is 348 g/mol. The van der Waals surface area contributed by atoms with Gasteiger partial charge >= 0.3 is 0 Å². The number of amides is 1. The van der Waals surface area contributed by atoms with Gasteiger partial charge in [-0.2, -0.15) is 4.98 Å². The molecular formula is C18H16N6O2. The average Bonchev–Trinajstić information content (AvgIpc) is 3.29. The Morgan fingerprint density at radius 1 is 1.19 bits per heavy atom. The Labute approximate surface area is 148 Å². The summed E-state index contributed by atoms with van der Waals surface area (Å²) in [5.74, 6) is 1.49. The Hall–Kier alpha value is -3.55. The SMILES string of the molecule is CCc1noc(-c2ccn3c(CC(=O)Nc4ccccc4)nnc3c2)n1. The van der Waals surface area contributed by atoms with Crippen LogP contribution in [-0.2, 0) is 17.6 Å². The molecule has 8 heteroatoms. The van der Waals surface area contributed by atoms with Crippen LogP contribution in [0.15, 0.2) is 53.2 Å². The zero-order valence-electron chi connectivity index (χ0n) is 14.1. The van der Waals surface area contributed by atoms with Gasteiger partial charge in [0.15, 0.2) is 11.5 Å². The molecule has 1 amide bonds. The van der Waals surface area contributed by atoms with Crippen molar-refractivity contribution in [3.8, 4) is 11.5 Å². The number of nitrogens with one attached hydrogen (secondary N) is 1. The molecule has 8 nitrogen and oxygen atoms in total. The summed E-state index contributed by atoms with van der Waals surface area (Å²) < 4.78 is 7.01. The number of fused-ring (bicyclic) bond motifs is 1. The number of pyridine rings is 1. The van der Waals surface area contributed by atoms with Gasteiger partial charge in [-0.25, -0.2) is 0 Å². The molecule has 4 aromatic rings. The minimum atomic E-state index is -0.154. The molecule has 1 aromatic carbocycles. The van der Waals surface area contributed by atoms with Gasteiger partial charge in [0.1, 0.15) is 5.82 Å². The second-order valence-corrected chi connectivity index (χ2v) is 5.72. The second kappa shape index (κ2) is 6.75. The fourth-order valence-electron chi connectivity index (χ4n) is 2.58. The first-order chi connectivity index (χ1) is 12.7. The summed E-state index contributed by atoms with van der Waals surface area (Å²) in [6.45, 7) is 1.96. The van der Waals surface area contributed by atoms with E-state index in [1.807, 2.05) is 43.3 Å². The van der Waals surface area contributed by atoms with Gasteiger partial charge in [-0.15, -0.1) is 10.2 Å². The molecule has 0 aliphatic heterocycles. The number of hydrogen-bond acceptors (Lipinski definition) is 6. The van der Waals surface area contributed by atoms with E-state index in [1.165, 1.54) is 0 Å². The van der Waals surface area contributed by atoms with Gasteiger partial charge in [0.2, 0.25) is 5.91 Å². The van der Waals surface area contributed by atoms with E-state index in [0.717, 1.165) is 11.3 Å². The summed E-state index contributed by atoms with van der Waals surface area (Å²) in [4.78, 5) is 16.5. The van der Waals surface area contributed by atoms with Crippen molar-refractivity contribution in [3.63, 3.8) is 0 Å². The predicted molar refractivity (Wildman–Crippen MR) is 94.4 cm³/mol. The molecule has 0 radical (unpaired) electrons. The monoisotopic (exact) mass is 348 g/mol. The van der Waals surface area contributed by atoms with Crippen molar-refractivity contribution in [1.29, 1.82) is 0 Å². The van der Waals surface area contributed by atoms with E-state index in [4.69, 9.17) is 4.52 Å². The zero-order chi connectivity index (χ0) is 17.9. The maximum atomic E-state index is 12.2. The second-order valence-electron chi connectivity index (χ2n) is 5.72. The van der Waals surface area contributed by atoms with E-state index in [9.17, 15) is 4.79 Å². The lowest BCUT2D eigenvalue weighted by molar-refractivity contribution is -0.115. The van der Waals surface area contributed by atoms with Crippen LogP contribution in [0.25, 0.3) is 17.1 Å². The Morgan fingerprint density at radius 3 is 2.81 bits per heavy atom. The molecule has 1 N–H and O–H groups in total. The number of aromatic nitrogens is 5. The van der Waals surface area contributed by atoms with Crippen LogP contribution in [0, 0.1) is 0 Å². The van der Waals surface area contributed by atoms with E-state index < -0.39 is 0 Å². The van der Waals surface area contributed by atoms with Crippen LogP contribution < -0.4 is 5.32 Å². The molecule has 0 atom stereocenters. The Kier molecular flexibility index (Phi) is 4.14. The first kappa shape index (κ1) is 15.9. The fraction of sp³-hybridized carbons (Fsp3) is 0.167. The molecule has 0 aliphatic carbocycles. The molecule has 0 fully saturated rings. The molecule has 0 bridgehead atoms. The third-order valence-electron chi connectivity index (χ3n) is 3.89. The summed E-state index contributed by atoms with van der Waals surface area (Å²) in [7, 11) is 0. The van der Waals surface area contributed by atoms with Crippen molar-refractivity contribution >= 4 is 17.2 Å². The van der Waals surface area contributed by atoms with Gasteiger partial charge in [-0.1, -0.05) is 30.3 Å². The minimum Gasteiger partial charge on any atom is -0.334 e. The maximum Gasteiger partial charge on any atom is 0.258 e. The highest BCUT2D eigenvalue weighted by Gasteiger charge is 2.13. The highest BCUT2D eigenvalue weighted by atomic mass is 16.5. The largest absolute Gasteiger partial charge is 0.334 e. The van der Waals surface area contributed by atoms with Crippen molar-refractivity contribution in [1.82, 2.24) is 24.7 Å². The molecule has 3 heterocycles. The number of anilines is 1. The number of carbonyl (C=O) groups excluding carboxylic acids is 1. The van der Waals surface area contributed by atoms with Crippen LogP contribution in [0.5, 0.6) is 0 Å². The molecule has 0 aliphatic rings. The number of hydrogen-bond donors (Lipinski definition) is 1. The minimum absolute atomic E-state index is 0.121. The van der Waals surface area contributed by atoms with Gasteiger partial charge < -0.3 is 9.84 Å². The van der Waals surface area contributed by atoms with Crippen LogP contribution in [0.1, 0.15) is 18.6 Å². The maximum absolute atomic E-state index is 12.2. The lowest BCUT2D eigenvalue weighted by atomic mass is 10.2. The normalized spacial score (nSPS) is 11.0. The van der Waals surface area contributed by atoms with Crippen molar-refractivity contribution in [2.24, 2.45) is 0 Å². The molecule has 26 heavy (non-hydrogen) atoms.